The molecule has 2 aromatic heterocycles. The fraction of sp³-hybridized carbons (Fsp3) is 0.308. The average Bonchev–Trinajstić information content (AvgIpc) is 3.07. The number of anilines is 1. The van der Waals surface area contributed by atoms with Crippen molar-refractivity contribution in [2.75, 3.05) is 18.4 Å². The normalized spacial score (nSPS) is 10.3. The number of amides is 2. The summed E-state index contributed by atoms with van der Waals surface area (Å²) < 4.78 is 4.86. The molecule has 2 heterocycles. The van der Waals surface area contributed by atoms with Gasteiger partial charge < -0.3 is 14.7 Å². The lowest BCUT2D eigenvalue weighted by atomic mass is 10.3. The monoisotopic (exact) mass is 293 g/mol. The van der Waals surface area contributed by atoms with E-state index >= 15 is 0 Å². The zero-order valence-corrected chi connectivity index (χ0v) is 12.1. The Morgan fingerprint density at radius 2 is 2.30 bits per heavy atom. The van der Waals surface area contributed by atoms with E-state index in [-0.39, 0.29) is 18.4 Å². The standard InChI is InChI=1S/C13H15N3O3S/c1-3-16(13(18)10-5-4-6-20-10)8-12(17)14-11-7-9(2)19-15-11/h4-7H,3,8H2,1-2H3,(H,14,15,17). The molecular formula is C13H15N3O3S. The second kappa shape index (κ2) is 6.33. The molecule has 20 heavy (non-hydrogen) atoms. The van der Waals surface area contributed by atoms with Gasteiger partial charge in [0.2, 0.25) is 5.91 Å². The van der Waals surface area contributed by atoms with Gasteiger partial charge in [-0.15, -0.1) is 11.3 Å². The maximum absolute atomic E-state index is 12.2. The summed E-state index contributed by atoms with van der Waals surface area (Å²) in [5.74, 6) is 0.522. The van der Waals surface area contributed by atoms with Crippen molar-refractivity contribution in [1.29, 1.82) is 0 Å². The third-order valence-corrected chi connectivity index (χ3v) is 3.49. The van der Waals surface area contributed by atoms with Crippen LogP contribution in [0.15, 0.2) is 28.1 Å². The van der Waals surface area contributed by atoms with Crippen LogP contribution in [-0.4, -0.2) is 35.0 Å². The van der Waals surface area contributed by atoms with Gasteiger partial charge in [0.25, 0.3) is 5.91 Å². The van der Waals surface area contributed by atoms with E-state index in [2.05, 4.69) is 10.5 Å². The third-order valence-electron chi connectivity index (χ3n) is 2.63. The van der Waals surface area contributed by atoms with Crippen LogP contribution in [0, 0.1) is 6.92 Å². The largest absolute Gasteiger partial charge is 0.360 e. The van der Waals surface area contributed by atoms with Gasteiger partial charge in [0.1, 0.15) is 12.3 Å². The van der Waals surface area contributed by atoms with E-state index in [1.807, 2.05) is 18.4 Å². The Kier molecular flexibility index (Phi) is 4.52. The van der Waals surface area contributed by atoms with Crippen LogP contribution in [-0.2, 0) is 4.79 Å². The van der Waals surface area contributed by atoms with E-state index in [0.29, 0.717) is 23.0 Å². The molecule has 6 nitrogen and oxygen atoms in total. The topological polar surface area (TPSA) is 75.4 Å². The van der Waals surface area contributed by atoms with Gasteiger partial charge in [-0.2, -0.15) is 0 Å². The molecule has 0 spiro atoms. The predicted molar refractivity (Wildman–Crippen MR) is 75.8 cm³/mol. The van der Waals surface area contributed by atoms with Crippen molar-refractivity contribution in [3.05, 3.63) is 34.2 Å². The highest BCUT2D eigenvalue weighted by Gasteiger charge is 2.18. The van der Waals surface area contributed by atoms with Crippen LogP contribution in [0.3, 0.4) is 0 Å². The highest BCUT2D eigenvalue weighted by atomic mass is 32.1. The van der Waals surface area contributed by atoms with Crippen LogP contribution in [0.1, 0.15) is 22.4 Å². The van der Waals surface area contributed by atoms with Gasteiger partial charge >= 0.3 is 0 Å². The number of carbonyl (C=O) groups is 2. The lowest BCUT2D eigenvalue weighted by Gasteiger charge is -2.19. The van der Waals surface area contributed by atoms with Crippen molar-refractivity contribution in [2.24, 2.45) is 0 Å². The quantitative estimate of drug-likeness (QED) is 0.916. The number of aromatic nitrogens is 1. The Hall–Kier alpha value is -2.15. The van der Waals surface area contributed by atoms with Gasteiger partial charge in [-0.3, -0.25) is 9.59 Å². The molecule has 0 bridgehead atoms. The predicted octanol–water partition coefficient (Wildman–Crippen LogP) is 2.15. The summed E-state index contributed by atoms with van der Waals surface area (Å²) in [6.07, 6.45) is 0. The Labute approximate surface area is 120 Å². The third kappa shape index (κ3) is 3.45. The summed E-state index contributed by atoms with van der Waals surface area (Å²) in [6.45, 7) is 4.02. The first-order chi connectivity index (χ1) is 9.60. The minimum Gasteiger partial charge on any atom is -0.360 e. The molecule has 2 amide bonds. The van der Waals surface area contributed by atoms with E-state index in [4.69, 9.17) is 4.52 Å². The molecule has 0 aromatic carbocycles. The van der Waals surface area contributed by atoms with Crippen molar-refractivity contribution in [3.8, 4) is 0 Å². The number of rotatable bonds is 5. The average molecular weight is 293 g/mol. The van der Waals surface area contributed by atoms with E-state index in [9.17, 15) is 9.59 Å². The molecule has 106 valence electrons. The van der Waals surface area contributed by atoms with Crippen LogP contribution in [0.5, 0.6) is 0 Å². The molecule has 0 atom stereocenters. The molecule has 2 rings (SSSR count). The summed E-state index contributed by atoms with van der Waals surface area (Å²) in [5, 5.41) is 8.10. The fourth-order valence-electron chi connectivity index (χ4n) is 1.66. The van der Waals surface area contributed by atoms with Crippen molar-refractivity contribution in [3.63, 3.8) is 0 Å². The van der Waals surface area contributed by atoms with E-state index < -0.39 is 0 Å². The molecule has 0 aliphatic heterocycles. The number of carbonyl (C=O) groups excluding carboxylic acids is 2. The zero-order valence-electron chi connectivity index (χ0n) is 11.3. The molecule has 0 saturated carbocycles. The van der Waals surface area contributed by atoms with Crippen LogP contribution in [0.4, 0.5) is 5.82 Å². The summed E-state index contributed by atoms with van der Waals surface area (Å²) in [5.41, 5.74) is 0. The van der Waals surface area contributed by atoms with Gasteiger partial charge in [-0.05, 0) is 25.3 Å². The molecule has 2 aromatic rings. The number of nitrogens with one attached hydrogen (secondary N) is 1. The SMILES string of the molecule is CCN(CC(=O)Nc1cc(C)on1)C(=O)c1cccs1. The Morgan fingerprint density at radius 1 is 1.50 bits per heavy atom. The minimum absolute atomic E-state index is 0.0147. The molecule has 0 saturated heterocycles. The Morgan fingerprint density at radius 3 is 2.85 bits per heavy atom. The van der Waals surface area contributed by atoms with E-state index in [1.54, 1.807) is 19.1 Å². The van der Waals surface area contributed by atoms with Crippen LogP contribution in [0.2, 0.25) is 0 Å². The second-order valence-electron chi connectivity index (χ2n) is 4.17. The summed E-state index contributed by atoms with van der Waals surface area (Å²) in [7, 11) is 0. The number of aryl methyl sites for hydroxylation is 1. The molecule has 1 N–H and O–H groups in total. The maximum atomic E-state index is 12.2. The molecule has 0 radical (unpaired) electrons. The Bertz CT molecular complexity index is 592. The van der Waals surface area contributed by atoms with Crippen molar-refractivity contribution in [1.82, 2.24) is 10.1 Å². The van der Waals surface area contributed by atoms with Crippen LogP contribution < -0.4 is 5.32 Å². The van der Waals surface area contributed by atoms with Gasteiger partial charge in [-0.25, -0.2) is 0 Å². The summed E-state index contributed by atoms with van der Waals surface area (Å²) >= 11 is 1.36. The van der Waals surface area contributed by atoms with Crippen LogP contribution >= 0.6 is 11.3 Å². The molecule has 0 aliphatic carbocycles. The summed E-state index contributed by atoms with van der Waals surface area (Å²) in [6, 6.07) is 5.17. The lowest BCUT2D eigenvalue weighted by Crippen LogP contribution is -2.37. The summed E-state index contributed by atoms with van der Waals surface area (Å²) in [4.78, 5) is 26.1. The van der Waals surface area contributed by atoms with E-state index in [1.165, 1.54) is 16.2 Å². The zero-order chi connectivity index (χ0) is 14.5. The van der Waals surface area contributed by atoms with Gasteiger partial charge in [0, 0.05) is 12.6 Å². The first kappa shape index (κ1) is 14.3. The van der Waals surface area contributed by atoms with E-state index in [0.717, 1.165) is 0 Å². The molecule has 0 fully saturated rings. The number of likely N-dealkylation sites (N-methyl/N-ethyl adjacent to an activating group) is 1. The number of thiophene rings is 1. The highest BCUT2D eigenvalue weighted by molar-refractivity contribution is 7.12. The number of hydrogen-bond donors (Lipinski definition) is 1. The first-order valence-electron chi connectivity index (χ1n) is 6.16. The van der Waals surface area contributed by atoms with Crippen molar-refractivity contribution in [2.45, 2.75) is 13.8 Å². The van der Waals surface area contributed by atoms with Gasteiger partial charge in [0.15, 0.2) is 5.82 Å². The maximum Gasteiger partial charge on any atom is 0.264 e. The molecular weight excluding hydrogens is 278 g/mol. The van der Waals surface area contributed by atoms with Crippen molar-refractivity contribution >= 4 is 29.0 Å². The lowest BCUT2D eigenvalue weighted by molar-refractivity contribution is -0.116. The molecule has 0 unspecified atom stereocenters. The molecule has 7 heteroatoms. The highest BCUT2D eigenvalue weighted by Crippen LogP contribution is 2.12. The van der Waals surface area contributed by atoms with Crippen LogP contribution in [0.25, 0.3) is 0 Å². The fourth-order valence-corrected chi connectivity index (χ4v) is 2.36. The second-order valence-corrected chi connectivity index (χ2v) is 5.12. The molecule has 0 aliphatic rings. The minimum atomic E-state index is -0.301. The smallest absolute Gasteiger partial charge is 0.264 e. The van der Waals surface area contributed by atoms with Crippen molar-refractivity contribution < 1.29 is 14.1 Å². The number of hydrogen-bond acceptors (Lipinski definition) is 5. The number of nitrogens with zero attached hydrogens (tertiary/aromatic N) is 2. The van der Waals surface area contributed by atoms with Gasteiger partial charge in [0.05, 0.1) is 4.88 Å². The first-order valence-corrected chi connectivity index (χ1v) is 7.04. The van der Waals surface area contributed by atoms with Gasteiger partial charge in [-0.1, -0.05) is 11.2 Å². The Balaban J connectivity index is 1.96.